The molecule has 0 fully saturated rings. The second-order valence-corrected chi connectivity index (χ2v) is 5.56. The summed E-state index contributed by atoms with van der Waals surface area (Å²) in [5.41, 5.74) is 3.01. The topological polar surface area (TPSA) is 105 Å². The minimum atomic E-state index is -0.476. The van der Waals surface area contributed by atoms with Crippen molar-refractivity contribution < 1.29 is 10.0 Å². The minimum absolute atomic E-state index is 0.0282. The fourth-order valence-corrected chi connectivity index (χ4v) is 2.80. The maximum absolute atomic E-state index is 10.9. The van der Waals surface area contributed by atoms with Gasteiger partial charge >= 0.3 is 0 Å². The smallest absolute Gasteiger partial charge is 0.269 e. The number of nitrogens with one attached hydrogen (secondary N) is 1. The summed E-state index contributed by atoms with van der Waals surface area (Å²) < 4.78 is 0. The number of phenols is 1. The second kappa shape index (κ2) is 5.31. The summed E-state index contributed by atoms with van der Waals surface area (Å²) in [6.45, 7) is 0. The number of hydrogen-bond acceptors (Lipinski definition) is 5. The Bertz CT molecular complexity index is 1090. The Balaban J connectivity index is 1.80. The van der Waals surface area contributed by atoms with Crippen molar-refractivity contribution in [2.75, 3.05) is 0 Å². The highest BCUT2D eigenvalue weighted by Crippen LogP contribution is 2.27. The van der Waals surface area contributed by atoms with Crippen molar-refractivity contribution in [3.8, 4) is 5.75 Å². The van der Waals surface area contributed by atoms with Gasteiger partial charge in [-0.1, -0.05) is 0 Å². The molecule has 0 aliphatic carbocycles. The van der Waals surface area contributed by atoms with Gasteiger partial charge in [0.2, 0.25) is 0 Å². The zero-order valence-corrected chi connectivity index (χ0v) is 12.4. The molecule has 4 rings (SSSR count). The highest BCUT2D eigenvalue weighted by atomic mass is 16.6. The van der Waals surface area contributed by atoms with Crippen molar-refractivity contribution in [1.29, 1.82) is 0 Å². The van der Waals surface area contributed by atoms with Crippen molar-refractivity contribution in [1.82, 2.24) is 15.2 Å². The SMILES string of the molecule is O=[N+]([O-])c1ccc(O)c(Cc2cnc3ccc4cn[nH]c4c3c2)c1. The van der Waals surface area contributed by atoms with Gasteiger partial charge < -0.3 is 5.11 Å². The minimum Gasteiger partial charge on any atom is -0.508 e. The number of nitro groups is 1. The summed E-state index contributed by atoms with van der Waals surface area (Å²) in [7, 11) is 0. The summed E-state index contributed by atoms with van der Waals surface area (Å²) >= 11 is 0. The zero-order chi connectivity index (χ0) is 16.7. The van der Waals surface area contributed by atoms with Crippen LogP contribution in [0, 0.1) is 10.1 Å². The molecule has 0 aliphatic heterocycles. The zero-order valence-electron chi connectivity index (χ0n) is 12.4. The summed E-state index contributed by atoms with van der Waals surface area (Å²) in [5.74, 6) is 0.0282. The first-order valence-electron chi connectivity index (χ1n) is 7.29. The van der Waals surface area contributed by atoms with Crippen LogP contribution >= 0.6 is 0 Å². The number of non-ortho nitro benzene ring substituents is 1. The third-order valence-corrected chi connectivity index (χ3v) is 4.00. The van der Waals surface area contributed by atoms with Gasteiger partial charge in [0.25, 0.3) is 5.69 Å². The fourth-order valence-electron chi connectivity index (χ4n) is 2.80. The number of hydrogen-bond donors (Lipinski definition) is 2. The summed E-state index contributed by atoms with van der Waals surface area (Å²) in [6, 6.07) is 9.83. The van der Waals surface area contributed by atoms with E-state index in [0.29, 0.717) is 12.0 Å². The van der Waals surface area contributed by atoms with Crippen LogP contribution in [0.25, 0.3) is 21.8 Å². The number of nitrogens with zero attached hydrogens (tertiary/aromatic N) is 3. The lowest BCUT2D eigenvalue weighted by Crippen LogP contribution is -1.94. The van der Waals surface area contributed by atoms with Gasteiger partial charge in [-0.05, 0) is 29.8 Å². The Morgan fingerprint density at radius 1 is 1.17 bits per heavy atom. The third kappa shape index (κ3) is 2.32. The molecule has 0 amide bonds. The highest BCUT2D eigenvalue weighted by molar-refractivity contribution is 6.03. The van der Waals surface area contributed by atoms with E-state index < -0.39 is 4.92 Å². The van der Waals surface area contributed by atoms with Gasteiger partial charge in [-0.15, -0.1) is 0 Å². The number of phenolic OH excluding ortho intramolecular Hbond substituents is 1. The van der Waals surface area contributed by atoms with Gasteiger partial charge in [0, 0.05) is 41.1 Å². The predicted octanol–water partition coefficient (Wildman–Crippen LogP) is 3.32. The van der Waals surface area contributed by atoms with E-state index in [-0.39, 0.29) is 11.4 Å². The molecule has 0 aliphatic rings. The van der Waals surface area contributed by atoms with Crippen molar-refractivity contribution >= 4 is 27.5 Å². The molecule has 2 heterocycles. The van der Waals surface area contributed by atoms with Crippen molar-refractivity contribution in [2.24, 2.45) is 0 Å². The first kappa shape index (κ1) is 14.1. The van der Waals surface area contributed by atoms with Gasteiger partial charge in [-0.25, -0.2) is 0 Å². The van der Waals surface area contributed by atoms with Crippen LogP contribution in [0.2, 0.25) is 0 Å². The number of fused-ring (bicyclic) bond motifs is 3. The molecule has 7 heteroatoms. The average molecular weight is 320 g/mol. The maximum Gasteiger partial charge on any atom is 0.269 e. The average Bonchev–Trinajstić information content (AvgIpc) is 3.05. The van der Waals surface area contributed by atoms with E-state index in [0.717, 1.165) is 27.4 Å². The van der Waals surface area contributed by atoms with E-state index in [4.69, 9.17) is 0 Å². The molecule has 118 valence electrons. The molecule has 2 aromatic heterocycles. The molecule has 0 atom stereocenters. The van der Waals surface area contributed by atoms with Crippen LogP contribution in [0.4, 0.5) is 5.69 Å². The van der Waals surface area contributed by atoms with Gasteiger partial charge in [0.15, 0.2) is 0 Å². The second-order valence-electron chi connectivity index (χ2n) is 5.56. The van der Waals surface area contributed by atoms with Crippen molar-refractivity contribution in [3.63, 3.8) is 0 Å². The number of pyridine rings is 1. The van der Waals surface area contributed by atoms with Crippen LogP contribution in [-0.2, 0) is 6.42 Å². The fraction of sp³-hybridized carbons (Fsp3) is 0.0588. The molecule has 4 aromatic rings. The van der Waals surface area contributed by atoms with Gasteiger partial charge in [0.05, 0.1) is 22.2 Å². The third-order valence-electron chi connectivity index (χ3n) is 4.00. The Labute approximate surface area is 135 Å². The molecule has 0 unspecified atom stereocenters. The summed E-state index contributed by atoms with van der Waals surface area (Å²) in [4.78, 5) is 14.9. The summed E-state index contributed by atoms with van der Waals surface area (Å²) in [6.07, 6.45) is 3.80. The molecular weight excluding hydrogens is 308 g/mol. The molecular formula is C17H12N4O3. The molecule has 0 saturated heterocycles. The largest absolute Gasteiger partial charge is 0.508 e. The van der Waals surface area contributed by atoms with E-state index in [1.54, 1.807) is 12.4 Å². The van der Waals surface area contributed by atoms with E-state index in [1.165, 1.54) is 18.2 Å². The Morgan fingerprint density at radius 3 is 2.88 bits per heavy atom. The summed E-state index contributed by atoms with van der Waals surface area (Å²) in [5, 5.41) is 29.8. The van der Waals surface area contributed by atoms with E-state index in [9.17, 15) is 15.2 Å². The van der Waals surface area contributed by atoms with Gasteiger partial charge in [0.1, 0.15) is 5.75 Å². The van der Waals surface area contributed by atoms with Crippen LogP contribution in [0.15, 0.2) is 48.8 Å². The molecule has 0 spiro atoms. The standard InChI is InChI=1S/C17H12N4O3/c22-16-4-2-13(21(23)24)7-12(16)5-10-6-14-15(18-8-10)3-1-11-9-19-20-17(11)14/h1-4,6-9,22H,5H2,(H,19,20). The lowest BCUT2D eigenvalue weighted by molar-refractivity contribution is -0.384. The monoisotopic (exact) mass is 320 g/mol. The number of aromatic hydroxyl groups is 1. The molecule has 24 heavy (non-hydrogen) atoms. The molecule has 2 aromatic carbocycles. The van der Waals surface area contributed by atoms with Crippen LogP contribution in [0.3, 0.4) is 0 Å². The molecule has 2 N–H and O–H groups in total. The first-order chi connectivity index (χ1) is 11.6. The van der Waals surface area contributed by atoms with Gasteiger partial charge in [-0.3, -0.25) is 20.2 Å². The van der Waals surface area contributed by atoms with Crippen LogP contribution in [0.5, 0.6) is 5.75 Å². The highest BCUT2D eigenvalue weighted by Gasteiger charge is 2.12. The predicted molar refractivity (Wildman–Crippen MR) is 89.0 cm³/mol. The van der Waals surface area contributed by atoms with Crippen LogP contribution in [0.1, 0.15) is 11.1 Å². The molecule has 7 nitrogen and oxygen atoms in total. The molecule has 0 saturated carbocycles. The number of aromatic amines is 1. The van der Waals surface area contributed by atoms with E-state index >= 15 is 0 Å². The first-order valence-corrected chi connectivity index (χ1v) is 7.29. The number of H-pyrrole nitrogens is 1. The lowest BCUT2D eigenvalue weighted by atomic mass is 10.0. The van der Waals surface area contributed by atoms with E-state index in [2.05, 4.69) is 15.2 Å². The molecule has 0 bridgehead atoms. The normalized spacial score (nSPS) is 11.2. The number of aromatic nitrogens is 3. The Hall–Kier alpha value is -3.48. The Morgan fingerprint density at radius 2 is 2.04 bits per heavy atom. The number of nitro benzene ring substituents is 1. The number of benzene rings is 2. The Kier molecular flexibility index (Phi) is 3.13. The maximum atomic E-state index is 10.9. The van der Waals surface area contributed by atoms with E-state index in [1.807, 2.05) is 18.2 Å². The van der Waals surface area contributed by atoms with Crippen molar-refractivity contribution in [3.05, 3.63) is 70.0 Å². The quantitative estimate of drug-likeness (QED) is 0.445. The van der Waals surface area contributed by atoms with Crippen LogP contribution < -0.4 is 0 Å². The van der Waals surface area contributed by atoms with Crippen molar-refractivity contribution in [2.45, 2.75) is 6.42 Å². The lowest BCUT2D eigenvalue weighted by Gasteiger charge is -2.06. The number of rotatable bonds is 3. The van der Waals surface area contributed by atoms with Gasteiger partial charge in [-0.2, -0.15) is 5.10 Å². The van der Waals surface area contributed by atoms with Crippen LogP contribution in [-0.4, -0.2) is 25.2 Å². The molecule has 0 radical (unpaired) electrons.